The molecule has 1 saturated carbocycles. The Bertz CT molecular complexity index is 755. The smallest absolute Gasteiger partial charge is 0.0661 e. The summed E-state index contributed by atoms with van der Waals surface area (Å²) in [6.07, 6.45) is 17.1. The molecule has 144 valence electrons. The normalized spacial score (nSPS) is 25.9. The van der Waals surface area contributed by atoms with Crippen LogP contribution in [-0.4, -0.2) is 12.1 Å². The summed E-state index contributed by atoms with van der Waals surface area (Å²) < 4.78 is 0. The molecule has 3 unspecified atom stereocenters. The maximum Gasteiger partial charge on any atom is 0.0661 e. The Kier molecular flexibility index (Phi) is 5.71. The average Bonchev–Trinajstić information content (AvgIpc) is 2.73. The van der Waals surface area contributed by atoms with Gasteiger partial charge in [0.2, 0.25) is 0 Å². The van der Waals surface area contributed by atoms with Crippen molar-refractivity contribution in [3.8, 4) is 0 Å². The van der Waals surface area contributed by atoms with Gasteiger partial charge in [-0.2, -0.15) is 0 Å². The van der Waals surface area contributed by atoms with E-state index in [-0.39, 0.29) is 0 Å². The van der Waals surface area contributed by atoms with Crippen molar-refractivity contribution in [2.45, 2.75) is 83.2 Å². The molecular weight excluding hydrogens is 328 g/mol. The summed E-state index contributed by atoms with van der Waals surface area (Å²) in [5.41, 5.74) is 6.89. The van der Waals surface area contributed by atoms with Crippen molar-refractivity contribution in [2.75, 3.05) is 0 Å². The third-order valence-electron chi connectivity index (χ3n) is 6.44. The van der Waals surface area contributed by atoms with Crippen molar-refractivity contribution in [2.24, 2.45) is 0 Å². The van der Waals surface area contributed by atoms with Crippen LogP contribution in [0.5, 0.6) is 0 Å². The first-order valence-electron chi connectivity index (χ1n) is 11.0. The third kappa shape index (κ3) is 3.85. The second kappa shape index (κ2) is 8.37. The predicted octanol–water partition coefficient (Wildman–Crippen LogP) is 6.04. The van der Waals surface area contributed by atoms with Crippen LogP contribution >= 0.6 is 0 Å². The Balaban J connectivity index is 1.80. The van der Waals surface area contributed by atoms with E-state index in [0.29, 0.717) is 18.0 Å². The minimum atomic E-state index is 0.556. The molecule has 3 aliphatic rings. The van der Waals surface area contributed by atoms with E-state index in [9.17, 15) is 0 Å². The molecule has 1 fully saturated rings. The van der Waals surface area contributed by atoms with Crippen LogP contribution in [0.2, 0.25) is 0 Å². The lowest BCUT2D eigenvalue weighted by Gasteiger charge is -2.41. The lowest BCUT2D eigenvalue weighted by molar-refractivity contribution is 0.310. The first-order chi connectivity index (χ1) is 13.3. The zero-order valence-electron chi connectivity index (χ0n) is 16.9. The number of benzene rings is 1. The number of hydrogen-bond donors (Lipinski definition) is 2. The standard InChI is InChI=1S/C25H34N2/c1-3-11-18(2)20-14-7-8-15-21(20)25-24(19-12-5-4-6-13-19)26-22-16-9-10-17-23(22)27-25/h5,7-8,12-15,18,22-23,26-27H,3-4,6,9-11,16-17H2,1-2H3. The van der Waals surface area contributed by atoms with Gasteiger partial charge in [0.25, 0.3) is 0 Å². The average molecular weight is 363 g/mol. The van der Waals surface area contributed by atoms with Crippen LogP contribution in [0.1, 0.15) is 82.3 Å². The molecule has 27 heavy (non-hydrogen) atoms. The zero-order chi connectivity index (χ0) is 18.6. The third-order valence-corrected chi connectivity index (χ3v) is 6.44. The molecule has 0 amide bonds. The van der Waals surface area contributed by atoms with Gasteiger partial charge in [0, 0.05) is 17.6 Å². The highest BCUT2D eigenvalue weighted by atomic mass is 15.1. The quantitative estimate of drug-likeness (QED) is 0.667. The molecule has 3 atom stereocenters. The summed E-state index contributed by atoms with van der Waals surface area (Å²) in [7, 11) is 0. The van der Waals surface area contributed by atoms with Gasteiger partial charge < -0.3 is 10.6 Å². The molecule has 0 bridgehead atoms. The summed E-state index contributed by atoms with van der Waals surface area (Å²) in [6.45, 7) is 4.66. The number of rotatable bonds is 5. The van der Waals surface area contributed by atoms with Crippen LogP contribution in [0.25, 0.3) is 5.70 Å². The van der Waals surface area contributed by atoms with E-state index in [4.69, 9.17) is 0 Å². The summed E-state index contributed by atoms with van der Waals surface area (Å²) in [6, 6.07) is 10.2. The van der Waals surface area contributed by atoms with Crippen LogP contribution in [0, 0.1) is 0 Å². The molecule has 1 aromatic rings. The fraction of sp³-hybridized carbons (Fsp3) is 0.520. The predicted molar refractivity (Wildman–Crippen MR) is 115 cm³/mol. The van der Waals surface area contributed by atoms with Crippen molar-refractivity contribution in [3.05, 3.63) is 64.9 Å². The van der Waals surface area contributed by atoms with Gasteiger partial charge in [-0.1, -0.05) is 75.6 Å². The van der Waals surface area contributed by atoms with E-state index >= 15 is 0 Å². The van der Waals surface area contributed by atoms with E-state index in [1.54, 1.807) is 0 Å². The van der Waals surface area contributed by atoms with Crippen molar-refractivity contribution in [3.63, 3.8) is 0 Å². The molecule has 2 aliphatic carbocycles. The first-order valence-corrected chi connectivity index (χ1v) is 11.0. The number of hydrogen-bond acceptors (Lipinski definition) is 2. The van der Waals surface area contributed by atoms with E-state index in [2.05, 4.69) is 67.0 Å². The summed E-state index contributed by atoms with van der Waals surface area (Å²) in [4.78, 5) is 0. The SMILES string of the molecule is CCCC(C)c1ccccc1C1=C(C2=CCCC=C2)NC2CCCCC2N1. The topological polar surface area (TPSA) is 24.1 Å². The minimum Gasteiger partial charge on any atom is -0.378 e. The minimum absolute atomic E-state index is 0.556. The molecule has 2 nitrogen and oxygen atoms in total. The molecule has 2 heteroatoms. The fourth-order valence-corrected chi connectivity index (χ4v) is 4.97. The highest BCUT2D eigenvalue weighted by Gasteiger charge is 2.33. The zero-order valence-corrected chi connectivity index (χ0v) is 16.9. The molecule has 2 N–H and O–H groups in total. The highest BCUT2D eigenvalue weighted by Crippen LogP contribution is 2.35. The van der Waals surface area contributed by atoms with Gasteiger partial charge in [-0.3, -0.25) is 0 Å². The van der Waals surface area contributed by atoms with Crippen LogP contribution < -0.4 is 10.6 Å². The van der Waals surface area contributed by atoms with E-state index < -0.39 is 0 Å². The van der Waals surface area contributed by atoms with Crippen LogP contribution in [-0.2, 0) is 0 Å². The van der Waals surface area contributed by atoms with Gasteiger partial charge >= 0.3 is 0 Å². The maximum atomic E-state index is 4.00. The lowest BCUT2D eigenvalue weighted by atomic mass is 9.84. The maximum absolute atomic E-state index is 4.00. The van der Waals surface area contributed by atoms with Crippen molar-refractivity contribution >= 4 is 5.70 Å². The van der Waals surface area contributed by atoms with Crippen LogP contribution in [0.3, 0.4) is 0 Å². The first kappa shape index (κ1) is 18.4. The molecular formula is C25H34N2. The van der Waals surface area contributed by atoms with Crippen LogP contribution in [0.4, 0.5) is 0 Å². The lowest BCUT2D eigenvalue weighted by Crippen LogP contribution is -2.53. The van der Waals surface area contributed by atoms with Gasteiger partial charge in [0.05, 0.1) is 11.4 Å². The van der Waals surface area contributed by atoms with E-state index in [1.165, 1.54) is 66.6 Å². The van der Waals surface area contributed by atoms with Gasteiger partial charge in [0.15, 0.2) is 0 Å². The van der Waals surface area contributed by atoms with E-state index in [1.807, 2.05) is 0 Å². The Morgan fingerprint density at radius 3 is 2.44 bits per heavy atom. The van der Waals surface area contributed by atoms with E-state index in [0.717, 1.165) is 12.8 Å². The fourth-order valence-electron chi connectivity index (χ4n) is 4.97. The Labute approximate surface area is 164 Å². The monoisotopic (exact) mass is 362 g/mol. The summed E-state index contributed by atoms with van der Waals surface area (Å²) >= 11 is 0. The molecule has 0 aromatic heterocycles. The van der Waals surface area contributed by atoms with Crippen molar-refractivity contribution in [1.82, 2.24) is 10.6 Å². The summed E-state index contributed by atoms with van der Waals surface area (Å²) in [5.74, 6) is 0.585. The largest absolute Gasteiger partial charge is 0.378 e. The molecule has 1 aromatic carbocycles. The number of fused-ring (bicyclic) bond motifs is 1. The second-order valence-corrected chi connectivity index (χ2v) is 8.45. The van der Waals surface area contributed by atoms with Crippen molar-refractivity contribution in [1.29, 1.82) is 0 Å². The van der Waals surface area contributed by atoms with Gasteiger partial charge in [0.1, 0.15) is 0 Å². The molecule has 0 saturated heterocycles. The Morgan fingerprint density at radius 2 is 1.74 bits per heavy atom. The number of allylic oxidation sites excluding steroid dienone is 3. The van der Waals surface area contributed by atoms with Gasteiger partial charge in [-0.25, -0.2) is 0 Å². The second-order valence-electron chi connectivity index (χ2n) is 8.45. The van der Waals surface area contributed by atoms with Crippen molar-refractivity contribution < 1.29 is 0 Å². The molecule has 4 rings (SSSR count). The highest BCUT2D eigenvalue weighted by molar-refractivity contribution is 5.75. The molecule has 1 aliphatic heterocycles. The Morgan fingerprint density at radius 1 is 1.00 bits per heavy atom. The molecule has 0 spiro atoms. The van der Waals surface area contributed by atoms with Gasteiger partial charge in [-0.15, -0.1) is 0 Å². The molecule has 1 heterocycles. The molecule has 0 radical (unpaired) electrons. The van der Waals surface area contributed by atoms with Crippen LogP contribution in [0.15, 0.2) is 53.8 Å². The van der Waals surface area contributed by atoms with Gasteiger partial charge in [-0.05, 0) is 49.2 Å². The Hall–Kier alpha value is -1.96. The summed E-state index contributed by atoms with van der Waals surface area (Å²) in [5, 5.41) is 7.97. The number of nitrogens with one attached hydrogen (secondary N) is 2.